The molecule has 1 aromatic rings. The Hall–Kier alpha value is -0.750. The summed E-state index contributed by atoms with van der Waals surface area (Å²) in [4.78, 5) is 3.78. The number of benzene rings is 1. The third-order valence-electron chi connectivity index (χ3n) is 1.13. The number of para-hydroxylation sites is 1. The van der Waals surface area contributed by atoms with Gasteiger partial charge in [0, 0.05) is 0 Å². The van der Waals surface area contributed by atoms with Crippen LogP contribution in [0.1, 0.15) is 0 Å². The van der Waals surface area contributed by atoms with Crippen LogP contribution in [-0.2, 0) is 0 Å². The minimum Gasteiger partial charge on any atom is -0.204 e. The maximum absolute atomic E-state index is 5.76. The van der Waals surface area contributed by atoms with E-state index >= 15 is 0 Å². The SMILES string of the molecule is C=C=Nc1c(Cl)cccc1Cl. The molecule has 0 radical (unpaired) electrons. The predicted octanol–water partition coefficient (Wildman–Crippen LogP) is 3.48. The highest BCUT2D eigenvalue weighted by atomic mass is 35.5. The van der Waals surface area contributed by atoms with E-state index in [2.05, 4.69) is 17.4 Å². The molecular weight excluding hydrogens is 181 g/mol. The van der Waals surface area contributed by atoms with Gasteiger partial charge in [0.15, 0.2) is 0 Å². The molecule has 0 aliphatic carbocycles. The molecule has 0 fully saturated rings. The number of hydrogen-bond acceptors (Lipinski definition) is 1. The Balaban J connectivity index is 3.31. The van der Waals surface area contributed by atoms with E-state index in [1.807, 2.05) is 0 Å². The van der Waals surface area contributed by atoms with Gasteiger partial charge in [-0.2, -0.15) is 0 Å². The topological polar surface area (TPSA) is 12.4 Å². The van der Waals surface area contributed by atoms with Gasteiger partial charge < -0.3 is 0 Å². The average Bonchev–Trinajstić information content (AvgIpc) is 1.97. The van der Waals surface area contributed by atoms with Crippen LogP contribution >= 0.6 is 23.2 Å². The summed E-state index contributed by atoms with van der Waals surface area (Å²) in [6, 6.07) is 5.18. The molecule has 0 unspecified atom stereocenters. The van der Waals surface area contributed by atoms with Crippen LogP contribution in [0, 0.1) is 0 Å². The Bertz CT molecular complexity index is 294. The van der Waals surface area contributed by atoms with Gasteiger partial charge in [0.1, 0.15) is 5.69 Å². The number of rotatable bonds is 1. The van der Waals surface area contributed by atoms with Gasteiger partial charge >= 0.3 is 0 Å². The number of hydrogen-bond donors (Lipinski definition) is 0. The third kappa shape index (κ3) is 1.84. The molecule has 0 saturated heterocycles. The Kier molecular flexibility index (Phi) is 2.72. The molecule has 1 rings (SSSR count). The third-order valence-corrected chi connectivity index (χ3v) is 1.74. The Morgan fingerprint density at radius 2 is 1.82 bits per heavy atom. The zero-order valence-corrected chi connectivity index (χ0v) is 7.15. The van der Waals surface area contributed by atoms with E-state index in [-0.39, 0.29) is 0 Å². The lowest BCUT2D eigenvalue weighted by molar-refractivity contribution is 1.55. The molecule has 11 heavy (non-hydrogen) atoms. The van der Waals surface area contributed by atoms with Crippen molar-refractivity contribution in [3.05, 3.63) is 34.8 Å². The van der Waals surface area contributed by atoms with Crippen molar-refractivity contribution in [3.63, 3.8) is 0 Å². The van der Waals surface area contributed by atoms with Crippen molar-refractivity contribution in [2.24, 2.45) is 4.99 Å². The van der Waals surface area contributed by atoms with Crippen molar-refractivity contribution in [1.82, 2.24) is 0 Å². The summed E-state index contributed by atoms with van der Waals surface area (Å²) in [5.74, 6) is 2.37. The zero-order chi connectivity index (χ0) is 8.27. The van der Waals surface area contributed by atoms with E-state index in [0.29, 0.717) is 15.7 Å². The van der Waals surface area contributed by atoms with Crippen molar-refractivity contribution in [2.45, 2.75) is 0 Å². The first kappa shape index (κ1) is 8.35. The summed E-state index contributed by atoms with van der Waals surface area (Å²) in [5.41, 5.74) is 0.519. The van der Waals surface area contributed by atoms with E-state index in [0.717, 1.165) is 0 Å². The lowest BCUT2D eigenvalue weighted by Gasteiger charge is -1.96. The maximum Gasteiger partial charge on any atom is 0.110 e. The second-order valence-corrected chi connectivity index (χ2v) is 2.65. The highest BCUT2D eigenvalue weighted by Crippen LogP contribution is 2.31. The van der Waals surface area contributed by atoms with Crippen LogP contribution in [-0.4, -0.2) is 5.87 Å². The first-order valence-corrected chi connectivity index (χ1v) is 3.68. The van der Waals surface area contributed by atoms with Gasteiger partial charge in [-0.25, -0.2) is 4.99 Å². The average molecular weight is 186 g/mol. The molecule has 0 aliphatic rings. The lowest BCUT2D eigenvalue weighted by Crippen LogP contribution is -1.69. The number of aliphatic imine (C=N–C) groups is 1. The van der Waals surface area contributed by atoms with Crippen LogP contribution in [0.15, 0.2) is 29.8 Å². The van der Waals surface area contributed by atoms with Gasteiger partial charge in [-0.1, -0.05) is 29.3 Å². The van der Waals surface area contributed by atoms with E-state index in [1.54, 1.807) is 18.2 Å². The molecular formula is C8H5Cl2N. The second kappa shape index (κ2) is 3.59. The minimum atomic E-state index is 0.508. The first-order valence-electron chi connectivity index (χ1n) is 2.92. The van der Waals surface area contributed by atoms with Crippen LogP contribution in [0.25, 0.3) is 0 Å². The quantitative estimate of drug-likeness (QED) is 0.595. The normalized spacial score (nSPS) is 8.91. The van der Waals surface area contributed by atoms with E-state index in [4.69, 9.17) is 23.2 Å². The van der Waals surface area contributed by atoms with Crippen LogP contribution in [0.2, 0.25) is 10.0 Å². The molecule has 0 atom stereocenters. The van der Waals surface area contributed by atoms with Crippen molar-refractivity contribution in [1.29, 1.82) is 0 Å². The summed E-state index contributed by atoms with van der Waals surface area (Å²) in [6.45, 7) is 3.33. The molecule has 1 nitrogen and oxygen atoms in total. The highest BCUT2D eigenvalue weighted by molar-refractivity contribution is 6.38. The Morgan fingerprint density at radius 1 is 1.27 bits per heavy atom. The number of nitrogens with zero attached hydrogens (tertiary/aromatic N) is 1. The van der Waals surface area contributed by atoms with Crippen molar-refractivity contribution in [3.8, 4) is 0 Å². The predicted molar refractivity (Wildman–Crippen MR) is 49.2 cm³/mol. The summed E-state index contributed by atoms with van der Waals surface area (Å²) in [6.07, 6.45) is 0. The first-order chi connectivity index (χ1) is 5.25. The summed E-state index contributed by atoms with van der Waals surface area (Å²) < 4.78 is 0. The fraction of sp³-hybridized carbons (Fsp3) is 0. The maximum atomic E-state index is 5.76. The molecule has 0 aliphatic heterocycles. The Morgan fingerprint density at radius 3 is 2.27 bits per heavy atom. The molecule has 3 heteroatoms. The second-order valence-electron chi connectivity index (χ2n) is 1.84. The van der Waals surface area contributed by atoms with Crippen LogP contribution in [0.4, 0.5) is 5.69 Å². The summed E-state index contributed by atoms with van der Waals surface area (Å²) >= 11 is 11.5. The number of halogens is 2. The molecule has 0 saturated carbocycles. The molecule has 0 spiro atoms. The van der Waals surface area contributed by atoms with E-state index in [9.17, 15) is 0 Å². The minimum absolute atomic E-state index is 0.508. The molecule has 0 N–H and O–H groups in total. The van der Waals surface area contributed by atoms with Gasteiger partial charge in [-0.15, -0.1) is 0 Å². The van der Waals surface area contributed by atoms with Crippen LogP contribution < -0.4 is 0 Å². The molecule has 0 heterocycles. The van der Waals surface area contributed by atoms with Gasteiger partial charge in [-0.05, 0) is 24.6 Å². The van der Waals surface area contributed by atoms with Crippen molar-refractivity contribution in [2.75, 3.05) is 0 Å². The van der Waals surface area contributed by atoms with Crippen molar-refractivity contribution >= 4 is 34.8 Å². The van der Waals surface area contributed by atoms with E-state index in [1.165, 1.54) is 0 Å². The smallest absolute Gasteiger partial charge is 0.110 e. The molecule has 0 aromatic heterocycles. The molecule has 1 aromatic carbocycles. The summed E-state index contributed by atoms with van der Waals surface area (Å²) in [7, 11) is 0. The largest absolute Gasteiger partial charge is 0.204 e. The van der Waals surface area contributed by atoms with Gasteiger partial charge in [0.25, 0.3) is 0 Å². The molecule has 0 amide bonds. The van der Waals surface area contributed by atoms with Crippen molar-refractivity contribution < 1.29 is 0 Å². The molecule has 0 bridgehead atoms. The highest BCUT2D eigenvalue weighted by Gasteiger charge is 2.01. The Labute approximate surface area is 75.0 Å². The monoisotopic (exact) mass is 185 g/mol. The van der Waals surface area contributed by atoms with E-state index < -0.39 is 0 Å². The standard InChI is InChI=1S/C8H5Cl2N/c1-2-11-8-6(9)4-3-5-7(8)10/h3-5H,1H2. The fourth-order valence-corrected chi connectivity index (χ4v) is 1.16. The zero-order valence-electron chi connectivity index (χ0n) is 5.64. The molecule has 56 valence electrons. The van der Waals surface area contributed by atoms with Gasteiger partial charge in [-0.3, -0.25) is 0 Å². The lowest BCUT2D eigenvalue weighted by atomic mass is 10.3. The van der Waals surface area contributed by atoms with Crippen LogP contribution in [0.5, 0.6) is 0 Å². The van der Waals surface area contributed by atoms with Gasteiger partial charge in [0.05, 0.1) is 10.0 Å². The summed E-state index contributed by atoms with van der Waals surface area (Å²) in [5, 5.41) is 1.02. The van der Waals surface area contributed by atoms with Gasteiger partial charge in [0.2, 0.25) is 0 Å². The van der Waals surface area contributed by atoms with Crippen LogP contribution in [0.3, 0.4) is 0 Å². The fourth-order valence-electron chi connectivity index (χ4n) is 0.675.